The van der Waals surface area contributed by atoms with Gasteiger partial charge in [0.05, 0.1) is 12.3 Å². The van der Waals surface area contributed by atoms with Crippen molar-refractivity contribution in [3.8, 4) is 0 Å². The van der Waals surface area contributed by atoms with Gasteiger partial charge in [-0.1, -0.05) is 13.8 Å². The van der Waals surface area contributed by atoms with Gasteiger partial charge in [-0.2, -0.15) is 5.10 Å². The van der Waals surface area contributed by atoms with Crippen molar-refractivity contribution >= 4 is 5.96 Å². The van der Waals surface area contributed by atoms with E-state index in [1.165, 1.54) is 12.0 Å². The zero-order chi connectivity index (χ0) is 18.9. The lowest BCUT2D eigenvalue weighted by molar-refractivity contribution is 0.0266. The van der Waals surface area contributed by atoms with Crippen LogP contribution in [0.3, 0.4) is 0 Å². The third-order valence-electron chi connectivity index (χ3n) is 5.00. The SMILES string of the molecule is CCNC(=NCCC(OCC)C(C)C)N1CCC(Cc2cnn(C)c2)C1. The largest absolute Gasteiger partial charge is 0.378 e. The lowest BCUT2D eigenvalue weighted by atomic mass is 10.0. The van der Waals surface area contributed by atoms with Crippen LogP contribution in [-0.2, 0) is 18.2 Å². The Hall–Kier alpha value is -1.56. The van der Waals surface area contributed by atoms with Crippen LogP contribution < -0.4 is 5.32 Å². The molecule has 0 spiro atoms. The lowest BCUT2D eigenvalue weighted by Gasteiger charge is -2.23. The number of nitrogens with zero attached hydrogens (tertiary/aromatic N) is 4. The average Bonchev–Trinajstić information content (AvgIpc) is 3.22. The Kier molecular flexibility index (Phi) is 8.42. The van der Waals surface area contributed by atoms with Gasteiger partial charge >= 0.3 is 0 Å². The van der Waals surface area contributed by atoms with E-state index in [4.69, 9.17) is 9.73 Å². The van der Waals surface area contributed by atoms with Crippen molar-refractivity contribution in [3.05, 3.63) is 18.0 Å². The Bertz CT molecular complexity index is 554. The van der Waals surface area contributed by atoms with Crippen LogP contribution in [0, 0.1) is 11.8 Å². The van der Waals surface area contributed by atoms with E-state index in [2.05, 4.69) is 49.2 Å². The van der Waals surface area contributed by atoms with Gasteiger partial charge in [0.1, 0.15) is 0 Å². The van der Waals surface area contributed by atoms with E-state index in [9.17, 15) is 0 Å². The van der Waals surface area contributed by atoms with Crippen LogP contribution in [0.4, 0.5) is 0 Å². The lowest BCUT2D eigenvalue weighted by Crippen LogP contribution is -2.40. The molecule has 0 aromatic carbocycles. The highest BCUT2D eigenvalue weighted by atomic mass is 16.5. The van der Waals surface area contributed by atoms with Gasteiger partial charge in [0.2, 0.25) is 0 Å². The van der Waals surface area contributed by atoms with E-state index in [-0.39, 0.29) is 0 Å². The topological polar surface area (TPSA) is 54.7 Å². The van der Waals surface area contributed by atoms with Crippen LogP contribution in [0.15, 0.2) is 17.4 Å². The number of ether oxygens (including phenoxy) is 1. The molecule has 1 aliphatic heterocycles. The molecule has 0 saturated carbocycles. The third-order valence-corrected chi connectivity index (χ3v) is 5.00. The molecule has 0 bridgehead atoms. The predicted molar refractivity (Wildman–Crippen MR) is 107 cm³/mol. The van der Waals surface area contributed by atoms with Crippen molar-refractivity contribution < 1.29 is 4.74 Å². The minimum Gasteiger partial charge on any atom is -0.378 e. The number of aryl methyl sites for hydroxylation is 1. The number of aromatic nitrogens is 2. The molecule has 1 aromatic rings. The van der Waals surface area contributed by atoms with Crippen molar-refractivity contribution in [2.75, 3.05) is 32.8 Å². The molecule has 0 aliphatic carbocycles. The molecular weight excluding hydrogens is 326 g/mol. The maximum Gasteiger partial charge on any atom is 0.193 e. The maximum atomic E-state index is 5.84. The highest BCUT2D eigenvalue weighted by Crippen LogP contribution is 2.21. The van der Waals surface area contributed by atoms with Crippen LogP contribution in [0.1, 0.15) is 46.1 Å². The van der Waals surface area contributed by atoms with E-state index >= 15 is 0 Å². The second-order valence-corrected chi connectivity index (χ2v) is 7.59. The first-order valence-corrected chi connectivity index (χ1v) is 10.2. The minimum atomic E-state index is 0.295. The Labute approximate surface area is 159 Å². The van der Waals surface area contributed by atoms with E-state index in [0.29, 0.717) is 17.9 Å². The fraction of sp³-hybridized carbons (Fsp3) is 0.800. The van der Waals surface area contributed by atoms with Gasteiger partial charge in [0.25, 0.3) is 0 Å². The Morgan fingerprint density at radius 3 is 2.85 bits per heavy atom. The Morgan fingerprint density at radius 2 is 2.23 bits per heavy atom. The first kappa shape index (κ1) is 20.7. The number of hydrogen-bond donors (Lipinski definition) is 1. The minimum absolute atomic E-state index is 0.295. The summed E-state index contributed by atoms with van der Waals surface area (Å²) < 4.78 is 7.73. The molecule has 2 atom stereocenters. The van der Waals surface area contributed by atoms with Gasteiger partial charge in [0.15, 0.2) is 5.96 Å². The summed E-state index contributed by atoms with van der Waals surface area (Å²) in [5.74, 6) is 2.26. The molecule has 1 aliphatic rings. The number of guanidine groups is 1. The first-order valence-electron chi connectivity index (χ1n) is 10.2. The quantitative estimate of drug-likeness (QED) is 0.541. The Morgan fingerprint density at radius 1 is 1.42 bits per heavy atom. The highest BCUT2D eigenvalue weighted by Gasteiger charge is 2.25. The molecule has 2 rings (SSSR count). The number of rotatable bonds is 9. The Balaban J connectivity index is 1.87. The van der Waals surface area contributed by atoms with Crippen molar-refractivity contribution in [1.29, 1.82) is 0 Å². The van der Waals surface area contributed by atoms with Gasteiger partial charge in [-0.05, 0) is 50.5 Å². The standard InChI is InChI=1S/C20H37N5O/c1-6-21-20(22-10-8-19(16(3)4)26-7-2)25-11-9-17(15-25)12-18-13-23-24(5)14-18/h13-14,16-17,19H,6-12,15H2,1-5H3,(H,21,22). The van der Waals surface area contributed by atoms with Crippen molar-refractivity contribution in [2.24, 2.45) is 23.9 Å². The fourth-order valence-electron chi connectivity index (χ4n) is 3.65. The average molecular weight is 364 g/mol. The van der Waals surface area contributed by atoms with E-state index < -0.39 is 0 Å². The summed E-state index contributed by atoms with van der Waals surface area (Å²) in [5, 5.41) is 7.75. The number of nitrogens with one attached hydrogen (secondary N) is 1. The number of likely N-dealkylation sites (tertiary alicyclic amines) is 1. The van der Waals surface area contributed by atoms with E-state index in [0.717, 1.165) is 51.6 Å². The van der Waals surface area contributed by atoms with Gasteiger partial charge in [-0.3, -0.25) is 9.67 Å². The predicted octanol–water partition coefficient (Wildman–Crippen LogP) is 2.70. The molecular formula is C20H37N5O. The number of hydrogen-bond acceptors (Lipinski definition) is 3. The van der Waals surface area contributed by atoms with E-state index in [1.807, 2.05) is 17.9 Å². The summed E-state index contributed by atoms with van der Waals surface area (Å²) in [6.07, 6.45) is 7.70. The highest BCUT2D eigenvalue weighted by molar-refractivity contribution is 5.80. The normalized spacial score (nSPS) is 19.4. The summed E-state index contributed by atoms with van der Waals surface area (Å²) in [6, 6.07) is 0. The molecule has 0 amide bonds. The molecule has 2 heterocycles. The summed E-state index contributed by atoms with van der Waals surface area (Å²) in [4.78, 5) is 7.29. The summed E-state index contributed by atoms with van der Waals surface area (Å²) in [5.41, 5.74) is 1.33. The summed E-state index contributed by atoms with van der Waals surface area (Å²) >= 11 is 0. The monoisotopic (exact) mass is 363 g/mol. The van der Waals surface area contributed by atoms with Gasteiger partial charge < -0.3 is 15.0 Å². The molecule has 6 heteroatoms. The zero-order valence-electron chi connectivity index (χ0n) is 17.2. The smallest absolute Gasteiger partial charge is 0.193 e. The third kappa shape index (κ3) is 6.31. The van der Waals surface area contributed by atoms with Crippen LogP contribution in [0.25, 0.3) is 0 Å². The first-order chi connectivity index (χ1) is 12.5. The van der Waals surface area contributed by atoms with E-state index in [1.54, 1.807) is 0 Å². The molecule has 1 aromatic heterocycles. The van der Waals surface area contributed by atoms with Crippen LogP contribution in [0.5, 0.6) is 0 Å². The van der Waals surface area contributed by atoms with Gasteiger partial charge in [-0.15, -0.1) is 0 Å². The van der Waals surface area contributed by atoms with Gasteiger partial charge in [-0.25, -0.2) is 0 Å². The molecule has 1 fully saturated rings. The van der Waals surface area contributed by atoms with Crippen LogP contribution >= 0.6 is 0 Å². The molecule has 2 unspecified atom stereocenters. The second kappa shape index (κ2) is 10.6. The molecule has 1 N–H and O–H groups in total. The molecule has 1 saturated heterocycles. The summed E-state index contributed by atoms with van der Waals surface area (Å²) in [6.45, 7) is 13.3. The van der Waals surface area contributed by atoms with Crippen molar-refractivity contribution in [3.63, 3.8) is 0 Å². The molecule has 148 valence electrons. The second-order valence-electron chi connectivity index (χ2n) is 7.59. The molecule has 6 nitrogen and oxygen atoms in total. The van der Waals surface area contributed by atoms with Crippen molar-refractivity contribution in [1.82, 2.24) is 20.0 Å². The number of aliphatic imine (C=N–C) groups is 1. The maximum absolute atomic E-state index is 5.84. The molecule has 0 radical (unpaired) electrons. The van der Waals surface area contributed by atoms with Crippen LogP contribution in [-0.4, -0.2) is 59.5 Å². The molecule has 26 heavy (non-hydrogen) atoms. The van der Waals surface area contributed by atoms with Crippen molar-refractivity contribution in [2.45, 2.75) is 53.1 Å². The summed E-state index contributed by atoms with van der Waals surface area (Å²) in [7, 11) is 1.98. The fourth-order valence-corrected chi connectivity index (χ4v) is 3.65. The van der Waals surface area contributed by atoms with Gasteiger partial charge in [0, 0.05) is 46.0 Å². The zero-order valence-corrected chi connectivity index (χ0v) is 17.2. The van der Waals surface area contributed by atoms with Crippen LogP contribution in [0.2, 0.25) is 0 Å².